The molecule has 5 rings (SSSR count). The number of methoxy groups -OCH3 is 1. The van der Waals surface area contributed by atoms with Gasteiger partial charge in [0.25, 0.3) is 0 Å². The molecular weight excluding hydrogens is 523 g/mol. The van der Waals surface area contributed by atoms with Gasteiger partial charge in [-0.1, -0.05) is 36.4 Å². The van der Waals surface area contributed by atoms with Crippen LogP contribution in [0.1, 0.15) is 22.3 Å². The Kier molecular flexibility index (Phi) is 8.30. The number of halogens is 3. The molecule has 1 N–H and O–H groups in total. The quantitative estimate of drug-likeness (QED) is 0.499. The summed E-state index contributed by atoms with van der Waals surface area (Å²) in [4.78, 5) is 16.9. The molecule has 1 amide bonds. The summed E-state index contributed by atoms with van der Waals surface area (Å²) in [5, 5.41) is 3.10. The molecule has 1 fully saturated rings. The number of alkyl halides is 3. The molecule has 2 atom stereocenters. The first-order valence-corrected chi connectivity index (χ1v) is 13.1. The molecule has 0 saturated carbocycles. The number of rotatable bonds is 3. The molecule has 0 aliphatic carbocycles. The maximum absolute atomic E-state index is 13.2. The molecule has 2 aliphatic heterocycles. The van der Waals surface area contributed by atoms with Gasteiger partial charge in [0, 0.05) is 26.2 Å². The number of nitrogens with one attached hydrogen (secondary N) is 1. The summed E-state index contributed by atoms with van der Waals surface area (Å²) in [6.07, 6.45) is -4.74. The van der Waals surface area contributed by atoms with Crippen molar-refractivity contribution in [3.05, 3.63) is 89.0 Å². The van der Waals surface area contributed by atoms with Gasteiger partial charge in [-0.2, -0.15) is 13.2 Å². The Hall–Kier alpha value is -3.60. The predicted octanol–water partition coefficient (Wildman–Crippen LogP) is 4.84. The summed E-state index contributed by atoms with van der Waals surface area (Å²) in [6.45, 7) is 2.20. The average Bonchev–Trinajstić information content (AvgIpc) is 3.27. The van der Waals surface area contributed by atoms with Crippen LogP contribution in [0.2, 0.25) is 0 Å². The van der Waals surface area contributed by atoms with E-state index in [1.165, 1.54) is 12.1 Å². The van der Waals surface area contributed by atoms with Crippen molar-refractivity contribution in [1.29, 1.82) is 0 Å². The van der Waals surface area contributed by atoms with Gasteiger partial charge in [0.1, 0.15) is 5.75 Å². The maximum Gasteiger partial charge on any atom is 0.416 e. The first kappa shape index (κ1) is 27.9. The highest BCUT2D eigenvalue weighted by molar-refractivity contribution is 5.78. The molecule has 0 aromatic heterocycles. The van der Waals surface area contributed by atoms with Crippen LogP contribution in [-0.2, 0) is 35.4 Å². The lowest BCUT2D eigenvalue weighted by molar-refractivity contribution is -0.137. The van der Waals surface area contributed by atoms with E-state index in [-0.39, 0.29) is 31.2 Å². The van der Waals surface area contributed by atoms with Crippen LogP contribution in [0.15, 0.2) is 66.7 Å². The minimum Gasteiger partial charge on any atom is -0.493 e. The number of likely N-dealkylation sites (tertiary alicyclic amines) is 1. The Labute approximate surface area is 231 Å². The molecular formula is C30H32F3N3O4. The summed E-state index contributed by atoms with van der Waals surface area (Å²) in [7, 11) is 3.45. The van der Waals surface area contributed by atoms with Gasteiger partial charge in [-0.25, -0.2) is 0 Å². The number of nitrogens with zero attached hydrogens (tertiary/aromatic N) is 2. The zero-order valence-electron chi connectivity index (χ0n) is 22.4. The van der Waals surface area contributed by atoms with Crippen molar-refractivity contribution >= 4 is 5.91 Å². The molecule has 0 spiro atoms. The first-order chi connectivity index (χ1) is 19.2. The third-order valence-corrected chi connectivity index (χ3v) is 7.03. The predicted molar refractivity (Wildman–Crippen MR) is 143 cm³/mol. The average molecular weight is 556 g/mol. The van der Waals surface area contributed by atoms with E-state index in [2.05, 4.69) is 5.32 Å². The highest BCUT2D eigenvalue weighted by atomic mass is 19.4. The minimum absolute atomic E-state index is 0.152. The minimum atomic E-state index is -4.40. The molecule has 3 aromatic rings. The molecule has 212 valence electrons. The summed E-state index contributed by atoms with van der Waals surface area (Å²) in [5.41, 5.74) is 1.73. The van der Waals surface area contributed by atoms with Gasteiger partial charge in [-0.05, 0) is 54.1 Å². The lowest BCUT2D eigenvalue weighted by Crippen LogP contribution is -2.47. The van der Waals surface area contributed by atoms with E-state index in [9.17, 15) is 18.0 Å². The third-order valence-electron chi connectivity index (χ3n) is 7.03. The second-order valence-electron chi connectivity index (χ2n) is 10.3. The van der Waals surface area contributed by atoms with Gasteiger partial charge in [0.05, 0.1) is 38.0 Å². The van der Waals surface area contributed by atoms with E-state index >= 15 is 0 Å². The monoisotopic (exact) mass is 555 g/mol. The van der Waals surface area contributed by atoms with Crippen molar-refractivity contribution in [3.63, 3.8) is 0 Å². The Morgan fingerprint density at radius 2 is 1.82 bits per heavy atom. The Morgan fingerprint density at radius 3 is 2.62 bits per heavy atom. The van der Waals surface area contributed by atoms with Crippen LogP contribution >= 0.6 is 0 Å². The zero-order valence-corrected chi connectivity index (χ0v) is 22.4. The molecule has 40 heavy (non-hydrogen) atoms. The molecule has 0 radical (unpaired) electrons. The fraction of sp³-hybridized carbons (Fsp3) is 0.367. The van der Waals surface area contributed by atoms with Gasteiger partial charge < -0.3 is 19.5 Å². The van der Waals surface area contributed by atoms with Crippen LogP contribution < -0.4 is 14.8 Å². The van der Waals surface area contributed by atoms with Gasteiger partial charge in [0.2, 0.25) is 5.91 Å². The number of ether oxygens (including phenoxy) is 3. The second-order valence-corrected chi connectivity index (χ2v) is 10.3. The maximum atomic E-state index is 13.2. The largest absolute Gasteiger partial charge is 0.493 e. The van der Waals surface area contributed by atoms with E-state index < -0.39 is 11.7 Å². The molecule has 4 bridgehead atoms. The number of carbonyl (C=O) groups excluding carboxylic acids is 1. The van der Waals surface area contributed by atoms with Gasteiger partial charge >= 0.3 is 6.18 Å². The summed E-state index contributed by atoms with van der Waals surface area (Å²) >= 11 is 0. The van der Waals surface area contributed by atoms with Crippen molar-refractivity contribution in [2.75, 3.05) is 33.8 Å². The lowest BCUT2D eigenvalue weighted by atomic mass is 10.1. The van der Waals surface area contributed by atoms with Crippen molar-refractivity contribution in [1.82, 2.24) is 15.1 Å². The smallest absolute Gasteiger partial charge is 0.416 e. The number of hydrogen-bond acceptors (Lipinski definition) is 6. The lowest BCUT2D eigenvalue weighted by Gasteiger charge is -2.23. The Bertz CT molecular complexity index is 1350. The van der Waals surface area contributed by atoms with Crippen LogP contribution in [0.4, 0.5) is 13.2 Å². The fourth-order valence-corrected chi connectivity index (χ4v) is 5.19. The standard InChI is InChI=1S/C30H32F3N3O4/c1-35-14-21-9-10-26(38-2)27(13-21)40-24-8-4-6-22(12-24)19-39-28-17-36(16-25(28)34-29(37)18-35)15-20-5-3-7-23(11-20)30(31,32)33/h3-13,25,28H,14-19H2,1-2H3,(H,34,37)/t25-,28-/m0/s1. The number of carbonyl (C=O) groups is 1. The van der Waals surface area contributed by atoms with E-state index in [1.54, 1.807) is 13.2 Å². The number of hydrogen-bond donors (Lipinski definition) is 1. The number of fused-ring (bicyclic) bond motifs is 5. The fourth-order valence-electron chi connectivity index (χ4n) is 5.19. The summed E-state index contributed by atoms with van der Waals surface area (Å²) in [6, 6.07) is 18.3. The normalized spacial score (nSPS) is 20.9. The Balaban J connectivity index is 1.37. The molecule has 1 saturated heterocycles. The van der Waals surface area contributed by atoms with Gasteiger partial charge in [-0.15, -0.1) is 0 Å². The van der Waals surface area contributed by atoms with E-state index in [4.69, 9.17) is 14.2 Å². The molecule has 2 aliphatic rings. The van der Waals surface area contributed by atoms with Gasteiger partial charge in [0.15, 0.2) is 11.5 Å². The zero-order chi connectivity index (χ0) is 28.3. The SMILES string of the molecule is COc1ccc2cc1Oc1cccc(c1)CO[C@H]1CN(Cc3cccc(C(F)(F)F)c3)C[C@@H]1NC(=O)CN(C)C2. The van der Waals surface area contributed by atoms with Gasteiger partial charge in [-0.3, -0.25) is 14.6 Å². The van der Waals surface area contributed by atoms with E-state index in [0.717, 1.165) is 17.2 Å². The molecule has 7 nitrogen and oxygen atoms in total. The molecule has 3 aromatic carbocycles. The highest BCUT2D eigenvalue weighted by Crippen LogP contribution is 2.34. The molecule has 0 unspecified atom stereocenters. The Morgan fingerprint density at radius 1 is 1.00 bits per heavy atom. The highest BCUT2D eigenvalue weighted by Gasteiger charge is 2.35. The first-order valence-electron chi connectivity index (χ1n) is 13.1. The summed E-state index contributed by atoms with van der Waals surface area (Å²) in [5.74, 6) is 1.66. The topological polar surface area (TPSA) is 63.3 Å². The van der Waals surface area contributed by atoms with Crippen molar-refractivity contribution in [3.8, 4) is 17.2 Å². The van der Waals surface area contributed by atoms with Crippen LogP contribution in [0.25, 0.3) is 0 Å². The van der Waals surface area contributed by atoms with Crippen LogP contribution in [-0.4, -0.2) is 61.6 Å². The number of amides is 1. The number of benzene rings is 3. The van der Waals surface area contributed by atoms with Crippen molar-refractivity contribution in [2.24, 2.45) is 0 Å². The van der Waals surface area contributed by atoms with Crippen LogP contribution in [0.5, 0.6) is 17.2 Å². The third kappa shape index (κ3) is 6.93. The van der Waals surface area contributed by atoms with Crippen LogP contribution in [0.3, 0.4) is 0 Å². The summed E-state index contributed by atoms with van der Waals surface area (Å²) < 4.78 is 57.6. The second kappa shape index (κ2) is 11.9. The van der Waals surface area contributed by atoms with E-state index in [1.807, 2.05) is 59.3 Å². The van der Waals surface area contributed by atoms with E-state index in [0.29, 0.717) is 49.0 Å². The number of likely N-dealkylation sites (N-methyl/N-ethyl adjacent to an activating group) is 1. The van der Waals surface area contributed by atoms with Crippen molar-refractivity contribution < 1.29 is 32.2 Å². The molecule has 10 heteroatoms. The van der Waals surface area contributed by atoms with Crippen molar-refractivity contribution in [2.45, 2.75) is 38.0 Å². The van der Waals surface area contributed by atoms with Crippen LogP contribution in [0, 0.1) is 0 Å². The molecule has 2 heterocycles.